The Labute approximate surface area is 91.4 Å². The Kier molecular flexibility index (Phi) is 2.84. The number of rotatable bonds is 3. The predicted octanol–water partition coefficient (Wildman–Crippen LogP) is 2.69. The zero-order valence-corrected chi connectivity index (χ0v) is 9.29. The van der Waals surface area contributed by atoms with E-state index in [-0.39, 0.29) is 6.04 Å². The van der Waals surface area contributed by atoms with E-state index in [0.717, 1.165) is 10.7 Å². The van der Waals surface area contributed by atoms with Crippen LogP contribution in [0.1, 0.15) is 23.7 Å². The second kappa shape index (κ2) is 4.11. The lowest BCUT2D eigenvalue weighted by Gasteiger charge is -2.07. The van der Waals surface area contributed by atoms with Gasteiger partial charge in [0.15, 0.2) is 0 Å². The molecule has 2 rings (SSSR count). The Morgan fingerprint density at radius 2 is 2.50 bits per heavy atom. The maximum absolute atomic E-state index is 5.69. The van der Waals surface area contributed by atoms with E-state index >= 15 is 0 Å². The lowest BCUT2D eigenvalue weighted by Crippen LogP contribution is -2.06. The van der Waals surface area contributed by atoms with Gasteiger partial charge in [0.25, 0.3) is 0 Å². The Morgan fingerprint density at radius 3 is 3.07 bits per heavy atom. The molecule has 0 aliphatic rings. The summed E-state index contributed by atoms with van der Waals surface area (Å²) in [5.41, 5.74) is 0.936. The summed E-state index contributed by atoms with van der Waals surface area (Å²) in [5.74, 6) is 0.475. The highest BCUT2D eigenvalue weighted by molar-refractivity contribution is 7.09. The van der Waals surface area contributed by atoms with Crippen LogP contribution in [-0.2, 0) is 5.88 Å². The summed E-state index contributed by atoms with van der Waals surface area (Å²) in [7, 11) is 0. The first-order valence-corrected chi connectivity index (χ1v) is 5.72. The Balaban J connectivity index is 2.23. The number of aromatic nitrogens is 3. The van der Waals surface area contributed by atoms with Gasteiger partial charge in [-0.3, -0.25) is 4.68 Å². The van der Waals surface area contributed by atoms with Gasteiger partial charge in [0.1, 0.15) is 11.0 Å². The normalized spacial score (nSPS) is 13.0. The predicted molar refractivity (Wildman–Crippen MR) is 57.7 cm³/mol. The number of alkyl halides is 1. The molecule has 0 saturated heterocycles. The summed E-state index contributed by atoms with van der Waals surface area (Å²) < 4.78 is 1.89. The molecule has 74 valence electrons. The van der Waals surface area contributed by atoms with Crippen molar-refractivity contribution in [2.75, 3.05) is 0 Å². The molecular formula is C9H10ClN3S. The van der Waals surface area contributed by atoms with Crippen LogP contribution in [0.5, 0.6) is 0 Å². The first kappa shape index (κ1) is 9.68. The quantitative estimate of drug-likeness (QED) is 0.755. The summed E-state index contributed by atoms with van der Waals surface area (Å²) in [5, 5.41) is 7.21. The average molecular weight is 228 g/mol. The molecule has 2 aromatic rings. The van der Waals surface area contributed by atoms with Crippen LogP contribution in [0.15, 0.2) is 23.8 Å². The maximum atomic E-state index is 5.69. The molecule has 0 radical (unpaired) electrons. The molecule has 0 N–H and O–H groups in total. The van der Waals surface area contributed by atoms with Gasteiger partial charge in [-0.15, -0.1) is 22.9 Å². The molecule has 0 amide bonds. The molecule has 0 saturated carbocycles. The SMILES string of the molecule is CC(c1nc(CCl)cs1)n1cccn1. The van der Waals surface area contributed by atoms with Crippen LogP contribution in [0.25, 0.3) is 0 Å². The van der Waals surface area contributed by atoms with Crippen molar-refractivity contribution in [2.24, 2.45) is 0 Å². The van der Waals surface area contributed by atoms with E-state index in [1.165, 1.54) is 0 Å². The van der Waals surface area contributed by atoms with Crippen LogP contribution in [0.2, 0.25) is 0 Å². The molecule has 0 fully saturated rings. The molecule has 5 heteroatoms. The zero-order valence-electron chi connectivity index (χ0n) is 7.72. The van der Waals surface area contributed by atoms with E-state index < -0.39 is 0 Å². The second-order valence-corrected chi connectivity index (χ2v) is 4.13. The molecule has 14 heavy (non-hydrogen) atoms. The molecule has 0 aromatic carbocycles. The van der Waals surface area contributed by atoms with Crippen molar-refractivity contribution in [3.8, 4) is 0 Å². The topological polar surface area (TPSA) is 30.7 Å². The van der Waals surface area contributed by atoms with Gasteiger partial charge in [-0.1, -0.05) is 0 Å². The molecule has 3 nitrogen and oxygen atoms in total. The number of hydrogen-bond acceptors (Lipinski definition) is 3. The van der Waals surface area contributed by atoms with Crippen LogP contribution in [-0.4, -0.2) is 14.8 Å². The highest BCUT2D eigenvalue weighted by Crippen LogP contribution is 2.21. The van der Waals surface area contributed by atoms with Gasteiger partial charge >= 0.3 is 0 Å². The Morgan fingerprint density at radius 1 is 1.64 bits per heavy atom. The molecule has 0 aliphatic carbocycles. The molecule has 2 heterocycles. The lowest BCUT2D eigenvalue weighted by molar-refractivity contribution is 0.561. The van der Waals surface area contributed by atoms with E-state index in [4.69, 9.17) is 11.6 Å². The third-order valence-electron chi connectivity index (χ3n) is 1.99. The molecule has 0 bridgehead atoms. The largest absolute Gasteiger partial charge is 0.263 e. The second-order valence-electron chi connectivity index (χ2n) is 2.97. The third kappa shape index (κ3) is 1.81. The van der Waals surface area contributed by atoms with E-state index in [9.17, 15) is 0 Å². The van der Waals surface area contributed by atoms with Crippen molar-refractivity contribution in [1.82, 2.24) is 14.8 Å². The summed E-state index contributed by atoms with van der Waals surface area (Å²) >= 11 is 7.32. The number of halogens is 1. The van der Waals surface area contributed by atoms with Gasteiger partial charge in [0, 0.05) is 17.8 Å². The van der Waals surface area contributed by atoms with Crippen molar-refractivity contribution in [3.63, 3.8) is 0 Å². The lowest BCUT2D eigenvalue weighted by atomic mass is 10.3. The molecule has 1 unspecified atom stereocenters. The highest BCUT2D eigenvalue weighted by Gasteiger charge is 2.11. The Bertz CT molecular complexity index is 396. The fourth-order valence-electron chi connectivity index (χ4n) is 1.20. The van der Waals surface area contributed by atoms with E-state index in [1.807, 2.05) is 22.3 Å². The van der Waals surface area contributed by atoms with E-state index in [1.54, 1.807) is 17.5 Å². The third-order valence-corrected chi connectivity index (χ3v) is 3.32. The maximum Gasteiger partial charge on any atom is 0.117 e. The monoisotopic (exact) mass is 227 g/mol. The minimum absolute atomic E-state index is 0.187. The van der Waals surface area contributed by atoms with Crippen LogP contribution in [0.4, 0.5) is 0 Å². The summed E-state index contributed by atoms with van der Waals surface area (Å²) in [6.45, 7) is 2.07. The number of thiazole rings is 1. The van der Waals surface area contributed by atoms with Crippen molar-refractivity contribution in [3.05, 3.63) is 34.5 Å². The van der Waals surface area contributed by atoms with E-state index in [0.29, 0.717) is 5.88 Å². The summed E-state index contributed by atoms with van der Waals surface area (Å²) in [6, 6.07) is 2.10. The fraction of sp³-hybridized carbons (Fsp3) is 0.333. The van der Waals surface area contributed by atoms with E-state index in [2.05, 4.69) is 17.0 Å². The van der Waals surface area contributed by atoms with Crippen LogP contribution in [0, 0.1) is 0 Å². The minimum Gasteiger partial charge on any atom is -0.263 e. The minimum atomic E-state index is 0.187. The van der Waals surface area contributed by atoms with Gasteiger partial charge in [-0.05, 0) is 13.0 Å². The average Bonchev–Trinajstić information content (AvgIpc) is 2.88. The van der Waals surface area contributed by atoms with Crippen LogP contribution < -0.4 is 0 Å². The summed E-state index contributed by atoms with van der Waals surface area (Å²) in [4.78, 5) is 4.41. The summed E-state index contributed by atoms with van der Waals surface area (Å²) in [6.07, 6.45) is 3.71. The molecule has 0 spiro atoms. The van der Waals surface area contributed by atoms with Gasteiger partial charge in [-0.2, -0.15) is 5.10 Å². The molecule has 2 aromatic heterocycles. The van der Waals surface area contributed by atoms with Crippen molar-refractivity contribution < 1.29 is 0 Å². The first-order chi connectivity index (χ1) is 6.81. The Hall–Kier alpha value is -0.870. The van der Waals surface area contributed by atoms with Crippen LogP contribution in [0.3, 0.4) is 0 Å². The van der Waals surface area contributed by atoms with Gasteiger partial charge in [-0.25, -0.2) is 4.98 Å². The van der Waals surface area contributed by atoms with Gasteiger partial charge < -0.3 is 0 Å². The van der Waals surface area contributed by atoms with Crippen LogP contribution >= 0.6 is 22.9 Å². The zero-order chi connectivity index (χ0) is 9.97. The smallest absolute Gasteiger partial charge is 0.117 e. The molecular weight excluding hydrogens is 218 g/mol. The highest BCUT2D eigenvalue weighted by atomic mass is 35.5. The number of nitrogens with zero attached hydrogens (tertiary/aromatic N) is 3. The van der Waals surface area contributed by atoms with Crippen molar-refractivity contribution in [2.45, 2.75) is 18.8 Å². The van der Waals surface area contributed by atoms with Gasteiger partial charge in [0.05, 0.1) is 11.6 Å². The number of hydrogen-bond donors (Lipinski definition) is 0. The fourth-order valence-corrected chi connectivity index (χ4v) is 2.29. The standard InChI is InChI=1S/C9H10ClN3S/c1-7(13-4-2-3-11-13)9-12-8(5-10)6-14-9/h2-4,6-7H,5H2,1H3. The van der Waals surface area contributed by atoms with Gasteiger partial charge in [0.2, 0.25) is 0 Å². The molecule has 0 aliphatic heterocycles. The first-order valence-electron chi connectivity index (χ1n) is 4.30. The van der Waals surface area contributed by atoms with Crippen molar-refractivity contribution >= 4 is 22.9 Å². The van der Waals surface area contributed by atoms with Crippen molar-refractivity contribution in [1.29, 1.82) is 0 Å². The molecule has 1 atom stereocenters.